The van der Waals surface area contributed by atoms with Crippen molar-refractivity contribution >= 4 is 35.2 Å². The van der Waals surface area contributed by atoms with Crippen molar-refractivity contribution in [3.05, 3.63) is 101 Å². The van der Waals surface area contributed by atoms with Gasteiger partial charge < -0.3 is 5.32 Å². The lowest BCUT2D eigenvalue weighted by Gasteiger charge is -2.13. The topological polar surface area (TPSA) is 66.5 Å². The summed E-state index contributed by atoms with van der Waals surface area (Å²) >= 11 is 0. The fourth-order valence-electron chi connectivity index (χ4n) is 3.38. The van der Waals surface area contributed by atoms with E-state index in [-0.39, 0.29) is 18.2 Å². The molecule has 3 amide bonds. The fourth-order valence-corrected chi connectivity index (χ4v) is 3.38. The summed E-state index contributed by atoms with van der Waals surface area (Å²) in [5.41, 5.74) is 3.24. The van der Waals surface area contributed by atoms with Gasteiger partial charge in [-0.3, -0.25) is 14.4 Å². The predicted molar refractivity (Wildman–Crippen MR) is 117 cm³/mol. The van der Waals surface area contributed by atoms with Crippen LogP contribution in [0.15, 0.2) is 78.4 Å². The number of halogens is 1. The molecule has 0 aromatic heterocycles. The number of nitrogens with one attached hydrogen (secondary N) is 1. The predicted octanol–water partition coefficient (Wildman–Crippen LogP) is 4.73. The highest BCUT2D eigenvalue weighted by atomic mass is 19.1. The van der Waals surface area contributed by atoms with Crippen LogP contribution >= 0.6 is 0 Å². The van der Waals surface area contributed by atoms with E-state index >= 15 is 0 Å². The maximum atomic E-state index is 13.3. The molecule has 3 aromatic rings. The Bertz CT molecular complexity index is 1220. The quantitative estimate of drug-likeness (QED) is 0.496. The maximum Gasteiger partial charge on any atom is 0.261 e. The molecular weight excluding hydrogens is 395 g/mol. The van der Waals surface area contributed by atoms with Crippen LogP contribution < -0.4 is 10.2 Å². The molecule has 1 saturated heterocycles. The summed E-state index contributed by atoms with van der Waals surface area (Å²) in [4.78, 5) is 39.0. The van der Waals surface area contributed by atoms with Crippen LogP contribution in [0.1, 0.15) is 27.9 Å². The molecule has 4 rings (SSSR count). The molecular formula is C25H19FN2O3. The zero-order valence-corrected chi connectivity index (χ0v) is 16.8. The minimum atomic E-state index is -0.446. The minimum Gasteiger partial charge on any atom is -0.322 e. The number of carbonyl (C=O) groups is 3. The highest BCUT2D eigenvalue weighted by Crippen LogP contribution is 2.28. The second-order valence-electron chi connectivity index (χ2n) is 7.31. The Hall–Kier alpha value is -4.06. The molecule has 3 aromatic carbocycles. The number of benzene rings is 3. The summed E-state index contributed by atoms with van der Waals surface area (Å²) in [5.74, 6) is -1.51. The number of anilines is 2. The average molecular weight is 414 g/mol. The van der Waals surface area contributed by atoms with Crippen LogP contribution in [-0.2, 0) is 9.59 Å². The van der Waals surface area contributed by atoms with Gasteiger partial charge in [-0.2, -0.15) is 0 Å². The number of aryl methyl sites for hydroxylation is 1. The van der Waals surface area contributed by atoms with Crippen LogP contribution in [0.5, 0.6) is 0 Å². The zero-order valence-electron chi connectivity index (χ0n) is 16.8. The van der Waals surface area contributed by atoms with E-state index < -0.39 is 11.7 Å². The van der Waals surface area contributed by atoms with Crippen LogP contribution in [-0.4, -0.2) is 17.7 Å². The Kier molecular flexibility index (Phi) is 5.45. The second kappa shape index (κ2) is 8.36. The first-order chi connectivity index (χ1) is 14.9. The monoisotopic (exact) mass is 414 g/mol. The van der Waals surface area contributed by atoms with Gasteiger partial charge in [0.2, 0.25) is 5.91 Å². The molecule has 1 aliphatic heterocycles. The number of hydrogen-bond acceptors (Lipinski definition) is 3. The van der Waals surface area contributed by atoms with Crippen molar-refractivity contribution in [3.8, 4) is 0 Å². The van der Waals surface area contributed by atoms with E-state index in [4.69, 9.17) is 0 Å². The lowest BCUT2D eigenvalue weighted by molar-refractivity contribution is -0.120. The van der Waals surface area contributed by atoms with E-state index in [0.29, 0.717) is 28.1 Å². The number of hydrogen-bond donors (Lipinski definition) is 1. The van der Waals surface area contributed by atoms with Crippen molar-refractivity contribution in [2.45, 2.75) is 13.3 Å². The van der Waals surface area contributed by atoms with Crippen LogP contribution in [0.25, 0.3) is 6.08 Å². The Labute approximate surface area is 178 Å². The van der Waals surface area contributed by atoms with E-state index in [1.807, 2.05) is 19.1 Å². The van der Waals surface area contributed by atoms with Gasteiger partial charge in [0.05, 0.1) is 12.1 Å². The van der Waals surface area contributed by atoms with Gasteiger partial charge in [0, 0.05) is 16.8 Å². The molecule has 1 N–H and O–H groups in total. The van der Waals surface area contributed by atoms with Gasteiger partial charge >= 0.3 is 0 Å². The van der Waals surface area contributed by atoms with Gasteiger partial charge in [0.15, 0.2) is 0 Å². The average Bonchev–Trinajstić information content (AvgIpc) is 3.02. The Morgan fingerprint density at radius 1 is 1.00 bits per heavy atom. The Morgan fingerprint density at radius 2 is 1.74 bits per heavy atom. The number of carbonyl (C=O) groups excluding carboxylic acids is 3. The summed E-state index contributed by atoms with van der Waals surface area (Å²) in [6, 6.07) is 19.5. The van der Waals surface area contributed by atoms with Crippen molar-refractivity contribution < 1.29 is 18.8 Å². The smallest absolute Gasteiger partial charge is 0.261 e. The lowest BCUT2D eigenvalue weighted by Crippen LogP contribution is -2.28. The first-order valence-corrected chi connectivity index (χ1v) is 9.72. The van der Waals surface area contributed by atoms with Crippen molar-refractivity contribution in [3.63, 3.8) is 0 Å². The normalized spacial score (nSPS) is 14.9. The van der Waals surface area contributed by atoms with Gasteiger partial charge in [-0.15, -0.1) is 0 Å². The number of nitrogens with zero attached hydrogens (tertiary/aromatic N) is 1. The SMILES string of the molecule is Cc1ccc(N2C(=O)C/C(=C\c3cccc(C(=O)Nc4cccc(F)c4)c3)C2=O)cc1. The molecule has 0 radical (unpaired) electrons. The zero-order chi connectivity index (χ0) is 22.0. The number of imide groups is 1. The molecule has 0 saturated carbocycles. The molecule has 0 atom stereocenters. The molecule has 1 fully saturated rings. The van der Waals surface area contributed by atoms with E-state index in [0.717, 1.165) is 5.56 Å². The molecule has 5 nitrogen and oxygen atoms in total. The number of amides is 3. The van der Waals surface area contributed by atoms with E-state index in [1.165, 1.54) is 23.1 Å². The van der Waals surface area contributed by atoms with E-state index in [2.05, 4.69) is 5.32 Å². The summed E-state index contributed by atoms with van der Waals surface area (Å²) in [6.45, 7) is 1.93. The fraction of sp³-hybridized carbons (Fsp3) is 0.0800. The van der Waals surface area contributed by atoms with Crippen LogP contribution in [0.2, 0.25) is 0 Å². The largest absolute Gasteiger partial charge is 0.322 e. The third-order valence-electron chi connectivity index (χ3n) is 4.93. The number of rotatable bonds is 4. The molecule has 1 heterocycles. The van der Waals surface area contributed by atoms with Gasteiger partial charge in [0.25, 0.3) is 11.8 Å². The first-order valence-electron chi connectivity index (χ1n) is 9.72. The van der Waals surface area contributed by atoms with Crippen molar-refractivity contribution in [1.29, 1.82) is 0 Å². The minimum absolute atomic E-state index is 0.00751. The molecule has 31 heavy (non-hydrogen) atoms. The molecule has 0 spiro atoms. The summed E-state index contributed by atoms with van der Waals surface area (Å²) in [6.07, 6.45) is 1.61. The van der Waals surface area contributed by atoms with Crippen molar-refractivity contribution in [1.82, 2.24) is 0 Å². The third-order valence-corrected chi connectivity index (χ3v) is 4.93. The van der Waals surface area contributed by atoms with Gasteiger partial charge in [0.1, 0.15) is 5.82 Å². The molecule has 154 valence electrons. The maximum absolute atomic E-state index is 13.3. The highest BCUT2D eigenvalue weighted by Gasteiger charge is 2.34. The molecule has 0 aliphatic carbocycles. The standard InChI is InChI=1S/C25H19FN2O3/c1-16-8-10-22(11-9-16)28-23(29)14-19(25(28)31)13-17-4-2-5-18(12-17)24(30)27-21-7-3-6-20(26)15-21/h2-13,15H,14H2,1H3,(H,27,30)/b19-13+. The summed E-state index contributed by atoms with van der Waals surface area (Å²) in [7, 11) is 0. The van der Waals surface area contributed by atoms with Crippen molar-refractivity contribution in [2.75, 3.05) is 10.2 Å². The van der Waals surface area contributed by atoms with E-state index in [1.54, 1.807) is 48.5 Å². The Morgan fingerprint density at radius 3 is 2.48 bits per heavy atom. The molecule has 6 heteroatoms. The van der Waals surface area contributed by atoms with Crippen LogP contribution in [0.4, 0.5) is 15.8 Å². The van der Waals surface area contributed by atoms with Crippen molar-refractivity contribution in [2.24, 2.45) is 0 Å². The molecule has 0 unspecified atom stereocenters. The lowest BCUT2D eigenvalue weighted by atomic mass is 10.1. The second-order valence-corrected chi connectivity index (χ2v) is 7.31. The van der Waals surface area contributed by atoms with E-state index in [9.17, 15) is 18.8 Å². The van der Waals surface area contributed by atoms with Gasteiger partial charge in [-0.25, -0.2) is 9.29 Å². The highest BCUT2D eigenvalue weighted by molar-refractivity contribution is 6.29. The van der Waals surface area contributed by atoms with Gasteiger partial charge in [-0.05, 0) is 61.0 Å². The van der Waals surface area contributed by atoms with Crippen LogP contribution in [0.3, 0.4) is 0 Å². The van der Waals surface area contributed by atoms with Gasteiger partial charge in [-0.1, -0.05) is 35.9 Å². The van der Waals surface area contributed by atoms with Crippen LogP contribution in [0, 0.1) is 12.7 Å². The first kappa shape index (κ1) is 20.2. The summed E-state index contributed by atoms with van der Waals surface area (Å²) < 4.78 is 13.3. The summed E-state index contributed by atoms with van der Waals surface area (Å²) in [5, 5.41) is 2.64. The Balaban J connectivity index is 1.55. The molecule has 0 bridgehead atoms. The molecule has 1 aliphatic rings. The third kappa shape index (κ3) is 4.43.